The summed E-state index contributed by atoms with van der Waals surface area (Å²) in [5, 5.41) is 7.54. The molecule has 0 radical (unpaired) electrons. The van der Waals surface area contributed by atoms with E-state index in [4.69, 9.17) is 23.2 Å². The van der Waals surface area contributed by atoms with Gasteiger partial charge < -0.3 is 10.6 Å². The Morgan fingerprint density at radius 3 is 1.32 bits per heavy atom. The van der Waals surface area contributed by atoms with E-state index in [1.165, 1.54) is 0 Å². The molecule has 1 saturated carbocycles. The lowest BCUT2D eigenvalue weighted by atomic mass is 9.90. The van der Waals surface area contributed by atoms with Crippen molar-refractivity contribution < 1.29 is 9.59 Å². The summed E-state index contributed by atoms with van der Waals surface area (Å²) in [5.41, 5.74) is 1.90. The van der Waals surface area contributed by atoms with Gasteiger partial charge in [-0.3, -0.25) is 9.59 Å². The number of benzene rings is 2. The number of hydrogen-bond acceptors (Lipinski definition) is 2. The molecule has 2 amide bonds. The molecular formula is C22H24Cl2N2O2. The van der Waals surface area contributed by atoms with E-state index in [1.54, 1.807) is 24.3 Å². The number of rotatable bonds is 6. The maximum Gasteiger partial charge on any atom is 0.224 e. The molecule has 2 N–H and O–H groups in total. The van der Waals surface area contributed by atoms with Crippen LogP contribution in [0.4, 0.5) is 0 Å². The summed E-state index contributed by atoms with van der Waals surface area (Å²) in [6.07, 6.45) is 4.21. The maximum atomic E-state index is 12.2. The van der Waals surface area contributed by atoms with E-state index in [0.717, 1.165) is 36.8 Å². The van der Waals surface area contributed by atoms with Gasteiger partial charge in [0.05, 0.1) is 12.8 Å². The lowest BCUT2D eigenvalue weighted by molar-refractivity contribution is -0.123. The second kappa shape index (κ2) is 9.94. The van der Waals surface area contributed by atoms with Crippen molar-refractivity contribution in [2.45, 2.75) is 50.6 Å². The van der Waals surface area contributed by atoms with E-state index in [2.05, 4.69) is 10.6 Å². The summed E-state index contributed by atoms with van der Waals surface area (Å²) in [6.45, 7) is 0. The highest BCUT2D eigenvalue weighted by atomic mass is 35.5. The molecule has 0 saturated heterocycles. The molecule has 0 aliphatic heterocycles. The zero-order valence-corrected chi connectivity index (χ0v) is 17.1. The first kappa shape index (κ1) is 20.7. The molecule has 1 fully saturated rings. The van der Waals surface area contributed by atoms with E-state index in [1.807, 2.05) is 24.3 Å². The number of carbonyl (C=O) groups is 2. The third kappa shape index (κ3) is 6.54. The maximum absolute atomic E-state index is 12.2. The number of halogens is 2. The zero-order chi connectivity index (χ0) is 19.9. The van der Waals surface area contributed by atoms with Crippen LogP contribution in [0.15, 0.2) is 48.5 Å². The minimum absolute atomic E-state index is 0.0255. The molecule has 2 aromatic rings. The molecule has 28 heavy (non-hydrogen) atoms. The van der Waals surface area contributed by atoms with Crippen molar-refractivity contribution in [1.29, 1.82) is 0 Å². The lowest BCUT2D eigenvalue weighted by Gasteiger charge is -2.29. The van der Waals surface area contributed by atoms with Crippen LogP contribution in [0.5, 0.6) is 0 Å². The van der Waals surface area contributed by atoms with Gasteiger partial charge >= 0.3 is 0 Å². The van der Waals surface area contributed by atoms with Crippen LogP contribution in [0.25, 0.3) is 0 Å². The molecule has 0 spiro atoms. The van der Waals surface area contributed by atoms with Crippen molar-refractivity contribution in [2.24, 2.45) is 0 Å². The smallest absolute Gasteiger partial charge is 0.224 e. The topological polar surface area (TPSA) is 58.2 Å². The van der Waals surface area contributed by atoms with E-state index >= 15 is 0 Å². The van der Waals surface area contributed by atoms with Gasteiger partial charge in [0.1, 0.15) is 0 Å². The highest BCUT2D eigenvalue weighted by molar-refractivity contribution is 6.30. The monoisotopic (exact) mass is 418 g/mol. The number of nitrogens with one attached hydrogen (secondary N) is 2. The Morgan fingerprint density at radius 1 is 0.679 bits per heavy atom. The first-order chi connectivity index (χ1) is 13.5. The highest BCUT2D eigenvalue weighted by Gasteiger charge is 2.23. The van der Waals surface area contributed by atoms with Gasteiger partial charge in [0.25, 0.3) is 0 Å². The number of carbonyl (C=O) groups excluding carboxylic acids is 2. The minimum Gasteiger partial charge on any atom is -0.353 e. The Bertz CT molecular complexity index is 729. The van der Waals surface area contributed by atoms with Gasteiger partial charge in [0.15, 0.2) is 0 Å². The molecule has 1 aliphatic carbocycles. The quantitative estimate of drug-likeness (QED) is 0.733. The fraction of sp³-hybridized carbons (Fsp3) is 0.364. The van der Waals surface area contributed by atoms with Crippen LogP contribution in [0.2, 0.25) is 10.0 Å². The van der Waals surface area contributed by atoms with Crippen molar-refractivity contribution in [3.8, 4) is 0 Å². The first-order valence-corrected chi connectivity index (χ1v) is 10.3. The Labute approximate surface area is 175 Å². The largest absolute Gasteiger partial charge is 0.353 e. The summed E-state index contributed by atoms with van der Waals surface area (Å²) >= 11 is 11.7. The molecular weight excluding hydrogens is 395 g/mol. The molecule has 4 nitrogen and oxygen atoms in total. The molecule has 0 bridgehead atoms. The van der Waals surface area contributed by atoms with E-state index in [9.17, 15) is 9.59 Å². The van der Waals surface area contributed by atoms with Gasteiger partial charge in [-0.15, -0.1) is 0 Å². The van der Waals surface area contributed by atoms with Crippen LogP contribution in [-0.2, 0) is 22.4 Å². The average molecular weight is 419 g/mol. The molecule has 2 aromatic carbocycles. The normalized spacial score (nSPS) is 19.1. The van der Waals surface area contributed by atoms with Crippen LogP contribution < -0.4 is 10.6 Å². The van der Waals surface area contributed by atoms with Crippen LogP contribution in [0.1, 0.15) is 36.8 Å². The second-order valence-corrected chi connectivity index (χ2v) is 8.16. The van der Waals surface area contributed by atoms with Crippen LogP contribution >= 0.6 is 23.2 Å². The molecule has 0 aromatic heterocycles. The Kier molecular flexibility index (Phi) is 7.35. The first-order valence-electron chi connectivity index (χ1n) is 9.55. The predicted octanol–water partition coefficient (Wildman–Crippen LogP) is 4.32. The van der Waals surface area contributed by atoms with Crippen molar-refractivity contribution in [3.05, 3.63) is 69.7 Å². The summed E-state index contributed by atoms with van der Waals surface area (Å²) in [7, 11) is 0. The van der Waals surface area contributed by atoms with Gasteiger partial charge in [-0.1, -0.05) is 47.5 Å². The standard InChI is InChI=1S/C22H24Cl2N2O2/c23-17-5-1-15(2-6-17)13-21(27)25-19-9-11-20(12-10-19)26-22(28)14-16-3-7-18(24)8-4-16/h1-8,19-20H,9-14H2,(H,25,27)(H,26,28). The molecule has 6 heteroatoms. The molecule has 0 heterocycles. The van der Waals surface area contributed by atoms with Crippen LogP contribution in [0.3, 0.4) is 0 Å². The van der Waals surface area contributed by atoms with E-state index < -0.39 is 0 Å². The fourth-order valence-corrected chi connectivity index (χ4v) is 3.77. The lowest BCUT2D eigenvalue weighted by Crippen LogP contribution is -2.44. The minimum atomic E-state index is 0.0255. The van der Waals surface area contributed by atoms with Gasteiger partial charge in [-0.2, -0.15) is 0 Å². The summed E-state index contributed by atoms with van der Waals surface area (Å²) in [4.78, 5) is 24.5. The van der Waals surface area contributed by atoms with Crippen molar-refractivity contribution >= 4 is 35.0 Å². The fourth-order valence-electron chi connectivity index (χ4n) is 3.51. The zero-order valence-electron chi connectivity index (χ0n) is 15.6. The number of amides is 2. The highest BCUT2D eigenvalue weighted by Crippen LogP contribution is 2.19. The van der Waals surface area contributed by atoms with Crippen LogP contribution in [0, 0.1) is 0 Å². The molecule has 0 unspecified atom stereocenters. The predicted molar refractivity (Wildman–Crippen MR) is 113 cm³/mol. The van der Waals surface area contributed by atoms with Gasteiger partial charge in [-0.25, -0.2) is 0 Å². The summed E-state index contributed by atoms with van der Waals surface area (Å²) in [6, 6.07) is 15.0. The Hall–Kier alpha value is -2.04. The van der Waals surface area contributed by atoms with Crippen molar-refractivity contribution in [2.75, 3.05) is 0 Å². The van der Waals surface area contributed by atoms with Gasteiger partial charge in [-0.05, 0) is 61.1 Å². The molecule has 0 atom stereocenters. The second-order valence-electron chi connectivity index (χ2n) is 7.29. The molecule has 3 rings (SSSR count). The summed E-state index contributed by atoms with van der Waals surface area (Å²) < 4.78 is 0. The van der Waals surface area contributed by atoms with Gasteiger partial charge in [0, 0.05) is 22.1 Å². The molecule has 1 aliphatic rings. The van der Waals surface area contributed by atoms with E-state index in [0.29, 0.717) is 22.9 Å². The average Bonchev–Trinajstić information content (AvgIpc) is 2.67. The van der Waals surface area contributed by atoms with Gasteiger partial charge in [0.2, 0.25) is 11.8 Å². The number of hydrogen-bond donors (Lipinski definition) is 2. The Morgan fingerprint density at radius 2 is 1.00 bits per heavy atom. The summed E-state index contributed by atoms with van der Waals surface area (Å²) in [5.74, 6) is 0.0510. The van der Waals surface area contributed by atoms with E-state index in [-0.39, 0.29) is 23.9 Å². The third-order valence-electron chi connectivity index (χ3n) is 5.01. The third-order valence-corrected chi connectivity index (χ3v) is 5.52. The Balaban J connectivity index is 1.37. The van der Waals surface area contributed by atoms with Crippen molar-refractivity contribution in [1.82, 2.24) is 10.6 Å². The van der Waals surface area contributed by atoms with Crippen molar-refractivity contribution in [3.63, 3.8) is 0 Å². The molecule has 148 valence electrons. The van der Waals surface area contributed by atoms with Crippen LogP contribution in [-0.4, -0.2) is 23.9 Å². The SMILES string of the molecule is O=C(Cc1ccc(Cl)cc1)NC1CCC(NC(=O)Cc2ccc(Cl)cc2)CC1.